The van der Waals surface area contributed by atoms with Crippen molar-refractivity contribution in [3.05, 3.63) is 64.8 Å². The van der Waals surface area contributed by atoms with Crippen molar-refractivity contribution in [3.8, 4) is 0 Å². The van der Waals surface area contributed by atoms with Crippen molar-refractivity contribution in [2.75, 3.05) is 0 Å². The fourth-order valence-corrected chi connectivity index (χ4v) is 3.63. The average molecular weight is 250 g/mol. The molecule has 0 aliphatic heterocycles. The van der Waals surface area contributed by atoms with Crippen LogP contribution in [0.4, 0.5) is 0 Å². The predicted molar refractivity (Wildman–Crippen MR) is 83.1 cm³/mol. The zero-order valence-corrected chi connectivity index (χ0v) is 12.1. The molecule has 2 aliphatic rings. The Hall–Kier alpha value is -1.56. The summed E-state index contributed by atoms with van der Waals surface area (Å²) in [4.78, 5) is 0. The molecule has 0 heteroatoms. The standard InChI is InChI=1S/C19H22/c1-13-8-9-17-12-15(3)19(18(17)10-13)14(2)11-16-6-4-5-7-16/h4-10,12,14,16,19H,11H2,1-3H3. The van der Waals surface area contributed by atoms with E-state index in [0.29, 0.717) is 17.8 Å². The van der Waals surface area contributed by atoms with Crippen LogP contribution in [0, 0.1) is 18.8 Å². The van der Waals surface area contributed by atoms with Crippen molar-refractivity contribution >= 4 is 6.08 Å². The molecule has 0 spiro atoms. The third-order valence-corrected chi connectivity index (χ3v) is 4.49. The first-order chi connectivity index (χ1) is 9.15. The van der Waals surface area contributed by atoms with E-state index in [-0.39, 0.29) is 0 Å². The van der Waals surface area contributed by atoms with Crippen LogP contribution in [0.2, 0.25) is 0 Å². The van der Waals surface area contributed by atoms with Crippen LogP contribution < -0.4 is 0 Å². The molecule has 1 aromatic rings. The summed E-state index contributed by atoms with van der Waals surface area (Å²) in [6.45, 7) is 6.88. The third-order valence-electron chi connectivity index (χ3n) is 4.49. The Labute approximate surface area is 116 Å². The SMILES string of the molecule is CC1=Cc2ccc(C)cc2C1C(C)CC1C=CC=C1. The van der Waals surface area contributed by atoms with Gasteiger partial charge in [0.05, 0.1) is 0 Å². The van der Waals surface area contributed by atoms with Crippen molar-refractivity contribution in [3.63, 3.8) is 0 Å². The summed E-state index contributed by atoms with van der Waals surface area (Å²) >= 11 is 0. The van der Waals surface area contributed by atoms with Gasteiger partial charge in [0, 0.05) is 5.92 Å². The normalized spacial score (nSPS) is 22.7. The second kappa shape index (κ2) is 4.85. The van der Waals surface area contributed by atoms with Gasteiger partial charge in [0.2, 0.25) is 0 Å². The highest BCUT2D eigenvalue weighted by Crippen LogP contribution is 2.43. The van der Waals surface area contributed by atoms with E-state index in [0.717, 1.165) is 0 Å². The summed E-state index contributed by atoms with van der Waals surface area (Å²) in [5.74, 6) is 1.94. The smallest absolute Gasteiger partial charge is 0.00807 e. The van der Waals surface area contributed by atoms with Crippen LogP contribution in [0.1, 0.15) is 42.9 Å². The molecule has 0 saturated heterocycles. The Morgan fingerprint density at radius 2 is 1.84 bits per heavy atom. The maximum absolute atomic E-state index is 2.40. The number of allylic oxidation sites excluding steroid dienone is 5. The van der Waals surface area contributed by atoms with Crippen LogP contribution in [0.25, 0.3) is 6.08 Å². The molecule has 0 amide bonds. The van der Waals surface area contributed by atoms with Gasteiger partial charge in [-0.3, -0.25) is 0 Å². The van der Waals surface area contributed by atoms with Crippen LogP contribution in [-0.2, 0) is 0 Å². The number of fused-ring (bicyclic) bond motifs is 1. The highest BCUT2D eigenvalue weighted by molar-refractivity contribution is 5.66. The number of hydrogen-bond acceptors (Lipinski definition) is 0. The monoisotopic (exact) mass is 250 g/mol. The number of aryl methyl sites for hydroxylation is 1. The van der Waals surface area contributed by atoms with Gasteiger partial charge in [0.25, 0.3) is 0 Å². The minimum absolute atomic E-state index is 0.609. The number of hydrogen-bond donors (Lipinski definition) is 0. The Kier molecular flexibility index (Phi) is 3.18. The van der Waals surface area contributed by atoms with Crippen molar-refractivity contribution in [2.45, 2.75) is 33.1 Å². The zero-order valence-electron chi connectivity index (χ0n) is 12.1. The van der Waals surface area contributed by atoms with Crippen LogP contribution in [0.5, 0.6) is 0 Å². The molecular formula is C19H22. The minimum atomic E-state index is 0.609. The molecule has 3 rings (SSSR count). The summed E-state index contributed by atoms with van der Waals surface area (Å²) in [5.41, 5.74) is 5.87. The Bertz CT molecular complexity index is 560. The highest BCUT2D eigenvalue weighted by Gasteiger charge is 2.28. The first kappa shape index (κ1) is 12.5. The first-order valence-electron chi connectivity index (χ1n) is 7.29. The van der Waals surface area contributed by atoms with Crippen molar-refractivity contribution in [2.24, 2.45) is 11.8 Å². The Balaban J connectivity index is 1.85. The van der Waals surface area contributed by atoms with Crippen LogP contribution in [-0.4, -0.2) is 0 Å². The van der Waals surface area contributed by atoms with Gasteiger partial charge in [-0.1, -0.05) is 66.6 Å². The van der Waals surface area contributed by atoms with Gasteiger partial charge in [0.1, 0.15) is 0 Å². The molecule has 0 nitrogen and oxygen atoms in total. The summed E-state index contributed by atoms with van der Waals surface area (Å²) < 4.78 is 0. The predicted octanol–water partition coefficient (Wildman–Crippen LogP) is 5.26. The molecule has 98 valence electrons. The highest BCUT2D eigenvalue weighted by atomic mass is 14.3. The van der Waals surface area contributed by atoms with E-state index in [1.54, 1.807) is 0 Å². The fourth-order valence-electron chi connectivity index (χ4n) is 3.63. The Morgan fingerprint density at radius 1 is 1.11 bits per heavy atom. The number of benzene rings is 1. The van der Waals surface area contributed by atoms with E-state index in [4.69, 9.17) is 0 Å². The van der Waals surface area contributed by atoms with E-state index >= 15 is 0 Å². The molecule has 1 aromatic carbocycles. The molecule has 0 fully saturated rings. The van der Waals surface area contributed by atoms with Gasteiger partial charge in [-0.25, -0.2) is 0 Å². The molecule has 2 aliphatic carbocycles. The summed E-state index contributed by atoms with van der Waals surface area (Å²) in [6, 6.07) is 6.87. The fraction of sp³-hybridized carbons (Fsp3) is 0.368. The minimum Gasteiger partial charge on any atom is -0.0776 e. The molecule has 0 radical (unpaired) electrons. The molecule has 0 aromatic heterocycles. The van der Waals surface area contributed by atoms with E-state index in [9.17, 15) is 0 Å². The zero-order chi connectivity index (χ0) is 13.4. The van der Waals surface area contributed by atoms with E-state index < -0.39 is 0 Å². The van der Waals surface area contributed by atoms with Gasteiger partial charge in [0.15, 0.2) is 0 Å². The lowest BCUT2D eigenvalue weighted by atomic mass is 9.80. The van der Waals surface area contributed by atoms with E-state index in [1.807, 2.05) is 0 Å². The summed E-state index contributed by atoms with van der Waals surface area (Å²) in [7, 11) is 0. The molecule has 2 atom stereocenters. The van der Waals surface area contributed by atoms with Crippen LogP contribution in [0.3, 0.4) is 0 Å². The maximum Gasteiger partial charge on any atom is 0.00807 e. The quantitative estimate of drug-likeness (QED) is 0.686. The first-order valence-corrected chi connectivity index (χ1v) is 7.29. The van der Waals surface area contributed by atoms with Crippen molar-refractivity contribution in [1.82, 2.24) is 0 Å². The van der Waals surface area contributed by atoms with Gasteiger partial charge in [-0.2, -0.15) is 0 Å². The van der Waals surface area contributed by atoms with Crippen LogP contribution >= 0.6 is 0 Å². The van der Waals surface area contributed by atoms with Crippen LogP contribution in [0.15, 0.2) is 48.1 Å². The van der Waals surface area contributed by atoms with E-state index in [1.165, 1.54) is 28.7 Å². The molecule has 0 N–H and O–H groups in total. The largest absolute Gasteiger partial charge is 0.0776 e. The van der Waals surface area contributed by atoms with Gasteiger partial charge >= 0.3 is 0 Å². The lowest BCUT2D eigenvalue weighted by Gasteiger charge is -2.24. The molecular weight excluding hydrogens is 228 g/mol. The molecule has 19 heavy (non-hydrogen) atoms. The topological polar surface area (TPSA) is 0 Å². The average Bonchev–Trinajstić information content (AvgIpc) is 2.95. The maximum atomic E-state index is 2.40. The molecule has 0 bridgehead atoms. The second-order valence-electron chi connectivity index (χ2n) is 6.15. The molecule has 2 unspecified atom stereocenters. The lowest BCUT2D eigenvalue weighted by molar-refractivity contribution is 0.443. The van der Waals surface area contributed by atoms with E-state index in [2.05, 4.69) is 69.4 Å². The van der Waals surface area contributed by atoms with Gasteiger partial charge in [-0.15, -0.1) is 0 Å². The Morgan fingerprint density at radius 3 is 2.58 bits per heavy atom. The second-order valence-corrected chi connectivity index (χ2v) is 6.15. The molecule has 0 heterocycles. The van der Waals surface area contributed by atoms with Gasteiger partial charge in [-0.05, 0) is 43.2 Å². The van der Waals surface area contributed by atoms with Crippen molar-refractivity contribution in [1.29, 1.82) is 0 Å². The van der Waals surface area contributed by atoms with Gasteiger partial charge < -0.3 is 0 Å². The van der Waals surface area contributed by atoms with Crippen molar-refractivity contribution < 1.29 is 0 Å². The third kappa shape index (κ3) is 2.32. The molecule has 0 saturated carbocycles. The lowest BCUT2D eigenvalue weighted by Crippen LogP contribution is -2.12. The summed E-state index contributed by atoms with van der Waals surface area (Å²) in [5, 5.41) is 0. The summed E-state index contributed by atoms with van der Waals surface area (Å²) in [6.07, 6.45) is 12.6. The number of rotatable bonds is 3.